The van der Waals surface area contributed by atoms with Crippen molar-refractivity contribution >= 4 is 23.1 Å². The fraction of sp³-hybridized carbons (Fsp3) is 0.348. The van der Waals surface area contributed by atoms with Crippen molar-refractivity contribution in [3.8, 4) is 23.0 Å². The summed E-state index contributed by atoms with van der Waals surface area (Å²) >= 11 is 4.63. The van der Waals surface area contributed by atoms with Crippen molar-refractivity contribution in [2.45, 2.75) is 39.0 Å². The third-order valence-electron chi connectivity index (χ3n) is 5.11. The molecule has 1 aliphatic rings. The second kappa shape index (κ2) is 8.77. The maximum Gasteiger partial charge on any atom is 0.0739 e. The molecule has 25 heavy (non-hydrogen) atoms. The zero-order chi connectivity index (χ0) is 17.5. The summed E-state index contributed by atoms with van der Waals surface area (Å²) in [5, 5.41) is 2.39. The molecule has 0 aliphatic heterocycles. The molecule has 0 atom stereocenters. The molecule has 0 N–H and O–H groups in total. The van der Waals surface area contributed by atoms with E-state index >= 15 is 0 Å². The molecule has 1 saturated carbocycles. The molecule has 1 fully saturated rings. The highest BCUT2D eigenvalue weighted by Crippen LogP contribution is 2.30. The summed E-state index contributed by atoms with van der Waals surface area (Å²) in [6.45, 7) is 2.30. The highest BCUT2D eigenvalue weighted by atomic mass is 32.1. The van der Waals surface area contributed by atoms with Crippen LogP contribution in [0.25, 0.3) is 11.1 Å². The fourth-order valence-electron chi connectivity index (χ4n) is 3.43. The Bertz CT molecular complexity index is 794. The van der Waals surface area contributed by atoms with Gasteiger partial charge in [-0.2, -0.15) is 4.99 Å². The van der Waals surface area contributed by atoms with Gasteiger partial charge in [0.25, 0.3) is 0 Å². The molecular weight excluding hydrogens is 322 g/mol. The first kappa shape index (κ1) is 17.6. The van der Waals surface area contributed by atoms with Crippen LogP contribution in [-0.2, 0) is 0 Å². The summed E-state index contributed by atoms with van der Waals surface area (Å²) in [7, 11) is 0. The monoisotopic (exact) mass is 345 g/mol. The molecule has 3 rings (SSSR count). The van der Waals surface area contributed by atoms with Gasteiger partial charge >= 0.3 is 0 Å². The second-order valence-electron chi connectivity index (χ2n) is 6.72. The number of aliphatic imine (C=N–C) groups is 1. The van der Waals surface area contributed by atoms with E-state index in [1.807, 2.05) is 12.1 Å². The van der Waals surface area contributed by atoms with Gasteiger partial charge in [-0.3, -0.25) is 0 Å². The lowest BCUT2D eigenvalue weighted by atomic mass is 9.81. The average Bonchev–Trinajstić information content (AvgIpc) is 2.68. The van der Waals surface area contributed by atoms with E-state index in [2.05, 4.69) is 77.5 Å². The van der Waals surface area contributed by atoms with Crippen molar-refractivity contribution < 1.29 is 0 Å². The Kier molecular flexibility index (Phi) is 6.18. The predicted octanol–water partition coefficient (Wildman–Crippen LogP) is 6.66. The summed E-state index contributed by atoms with van der Waals surface area (Å²) < 4.78 is 0. The Morgan fingerprint density at radius 2 is 1.52 bits per heavy atom. The standard InChI is InChI=1S/C23H23NS/c1-2-18-3-5-19(6-4-18)7-8-20-9-11-21(12-10-20)22-13-15-23(16-14-22)24-17-25/h9-16,18-19H,2-6H2,1H3. The van der Waals surface area contributed by atoms with Crippen molar-refractivity contribution in [2.75, 3.05) is 0 Å². The topological polar surface area (TPSA) is 12.4 Å². The molecule has 0 radical (unpaired) electrons. The van der Waals surface area contributed by atoms with Gasteiger partial charge in [-0.25, -0.2) is 0 Å². The lowest BCUT2D eigenvalue weighted by Gasteiger charge is -2.24. The highest BCUT2D eigenvalue weighted by molar-refractivity contribution is 7.78. The third kappa shape index (κ3) is 4.89. The molecule has 1 aliphatic carbocycles. The Morgan fingerprint density at radius 1 is 0.920 bits per heavy atom. The summed E-state index contributed by atoms with van der Waals surface area (Å²) in [5.74, 6) is 8.36. The van der Waals surface area contributed by atoms with Crippen LogP contribution in [0, 0.1) is 23.7 Å². The Hall–Kier alpha value is -2.20. The summed E-state index contributed by atoms with van der Waals surface area (Å²) in [6, 6.07) is 16.5. The van der Waals surface area contributed by atoms with Gasteiger partial charge < -0.3 is 0 Å². The number of rotatable bonds is 3. The van der Waals surface area contributed by atoms with Gasteiger partial charge in [0, 0.05) is 11.5 Å². The number of thiocarbonyl (C=S) groups is 1. The van der Waals surface area contributed by atoms with E-state index in [0.717, 1.165) is 17.2 Å². The van der Waals surface area contributed by atoms with Crippen molar-refractivity contribution in [1.29, 1.82) is 0 Å². The predicted molar refractivity (Wildman–Crippen MR) is 109 cm³/mol. The van der Waals surface area contributed by atoms with Crippen LogP contribution in [0.2, 0.25) is 0 Å². The minimum atomic E-state index is 0.580. The Morgan fingerprint density at radius 3 is 2.08 bits per heavy atom. The highest BCUT2D eigenvalue weighted by Gasteiger charge is 2.17. The van der Waals surface area contributed by atoms with Crippen LogP contribution < -0.4 is 0 Å². The maximum absolute atomic E-state index is 4.63. The van der Waals surface area contributed by atoms with E-state index in [-0.39, 0.29) is 0 Å². The smallest absolute Gasteiger partial charge is 0.0739 e. The molecule has 2 aromatic rings. The molecule has 2 heteroatoms. The zero-order valence-electron chi connectivity index (χ0n) is 14.7. The van der Waals surface area contributed by atoms with Crippen LogP contribution in [0.1, 0.15) is 44.6 Å². The van der Waals surface area contributed by atoms with Gasteiger partial charge in [0.15, 0.2) is 0 Å². The molecule has 0 amide bonds. The average molecular weight is 346 g/mol. The lowest BCUT2D eigenvalue weighted by Crippen LogP contribution is -2.12. The Balaban J connectivity index is 1.65. The van der Waals surface area contributed by atoms with Crippen LogP contribution >= 0.6 is 12.2 Å². The fourth-order valence-corrected chi connectivity index (χ4v) is 3.53. The van der Waals surface area contributed by atoms with Crippen molar-refractivity contribution in [3.63, 3.8) is 0 Å². The summed E-state index contributed by atoms with van der Waals surface area (Å²) in [6.07, 6.45) is 6.54. The van der Waals surface area contributed by atoms with E-state index in [0.29, 0.717) is 5.92 Å². The number of benzene rings is 2. The van der Waals surface area contributed by atoms with Gasteiger partial charge in [-0.05, 0) is 79.2 Å². The largest absolute Gasteiger partial charge is 0.195 e. The van der Waals surface area contributed by atoms with Crippen molar-refractivity contribution in [2.24, 2.45) is 16.8 Å². The molecule has 0 saturated heterocycles. The van der Waals surface area contributed by atoms with Gasteiger partial charge in [-0.1, -0.05) is 49.5 Å². The van der Waals surface area contributed by atoms with Gasteiger partial charge in [0.2, 0.25) is 0 Å². The van der Waals surface area contributed by atoms with Crippen LogP contribution in [0.3, 0.4) is 0 Å². The van der Waals surface area contributed by atoms with E-state index in [1.54, 1.807) is 0 Å². The zero-order valence-corrected chi connectivity index (χ0v) is 15.5. The number of isothiocyanates is 1. The first-order valence-corrected chi connectivity index (χ1v) is 9.49. The number of hydrogen-bond acceptors (Lipinski definition) is 2. The maximum atomic E-state index is 4.63. The number of nitrogens with zero attached hydrogens (tertiary/aromatic N) is 1. The SMILES string of the molecule is CCC1CCC(C#Cc2ccc(-c3ccc(N=C=S)cc3)cc2)CC1. The van der Waals surface area contributed by atoms with E-state index < -0.39 is 0 Å². The van der Waals surface area contributed by atoms with Crippen molar-refractivity contribution in [1.82, 2.24) is 0 Å². The molecule has 0 aromatic heterocycles. The molecule has 1 nitrogen and oxygen atoms in total. The molecular formula is C23H23NS. The lowest BCUT2D eigenvalue weighted by molar-refractivity contribution is 0.309. The molecule has 2 aromatic carbocycles. The minimum Gasteiger partial charge on any atom is -0.195 e. The molecule has 126 valence electrons. The van der Waals surface area contributed by atoms with E-state index in [4.69, 9.17) is 0 Å². The summed E-state index contributed by atoms with van der Waals surface area (Å²) in [4.78, 5) is 3.98. The molecule has 0 heterocycles. The van der Waals surface area contributed by atoms with Gasteiger partial charge in [0.1, 0.15) is 0 Å². The van der Waals surface area contributed by atoms with Crippen LogP contribution in [0.4, 0.5) is 5.69 Å². The molecule has 0 spiro atoms. The first-order chi connectivity index (χ1) is 12.3. The van der Waals surface area contributed by atoms with E-state index in [9.17, 15) is 0 Å². The Labute approximate surface area is 156 Å². The van der Waals surface area contributed by atoms with Crippen LogP contribution in [0.15, 0.2) is 53.5 Å². The minimum absolute atomic E-state index is 0.580. The van der Waals surface area contributed by atoms with Gasteiger partial charge in [-0.15, -0.1) is 0 Å². The third-order valence-corrected chi connectivity index (χ3v) is 5.20. The second-order valence-corrected chi connectivity index (χ2v) is 6.91. The quantitative estimate of drug-likeness (QED) is 0.344. The molecule has 0 unspecified atom stereocenters. The van der Waals surface area contributed by atoms with Crippen LogP contribution in [0.5, 0.6) is 0 Å². The number of hydrogen-bond donors (Lipinski definition) is 0. The normalized spacial score (nSPS) is 19.4. The van der Waals surface area contributed by atoms with E-state index in [1.165, 1.54) is 43.2 Å². The summed E-state index contributed by atoms with van der Waals surface area (Å²) in [5.41, 5.74) is 4.29. The van der Waals surface area contributed by atoms with Crippen LogP contribution in [-0.4, -0.2) is 5.16 Å². The first-order valence-electron chi connectivity index (χ1n) is 9.08. The van der Waals surface area contributed by atoms with Crippen molar-refractivity contribution in [3.05, 3.63) is 54.1 Å². The van der Waals surface area contributed by atoms with Gasteiger partial charge in [0.05, 0.1) is 10.8 Å². The molecule has 0 bridgehead atoms.